The van der Waals surface area contributed by atoms with Crippen LogP contribution in [0.5, 0.6) is 0 Å². The number of hydrogen-bond donors (Lipinski definition) is 0. The fraction of sp³-hybridized carbons (Fsp3) is 0.333. The van der Waals surface area contributed by atoms with Gasteiger partial charge in [0.15, 0.2) is 11.1 Å². The molecule has 1 heterocycles. The Hall–Kier alpha value is -0.550. The van der Waals surface area contributed by atoms with Gasteiger partial charge in [0.05, 0.1) is 10.5 Å². The van der Waals surface area contributed by atoms with E-state index in [1.165, 1.54) is 6.92 Å². The normalized spacial score (nSPS) is 12.2. The molecule has 0 radical (unpaired) electrons. The summed E-state index contributed by atoms with van der Waals surface area (Å²) in [6.07, 6.45) is -2.63. The van der Waals surface area contributed by atoms with Crippen LogP contribution in [0, 0.1) is 6.92 Å². The number of alkyl halides is 2. The first-order chi connectivity index (χ1) is 5.52. The van der Waals surface area contributed by atoms with Gasteiger partial charge in [0.2, 0.25) is 5.01 Å². The number of rotatable bonds is 2. The molecular weight excluding hydrogens is 208 g/mol. The van der Waals surface area contributed by atoms with Crippen LogP contribution < -0.4 is 0 Å². The standard InChI is InChI=1S/C6H5ClF2NOS/c1-3-10-4(5(8)9)2-12(3)6(7)11/h2,5H,1H3/q+1. The van der Waals surface area contributed by atoms with Crippen molar-refractivity contribution in [2.45, 2.75) is 13.3 Å². The van der Waals surface area contributed by atoms with Crippen LogP contribution in [0.25, 0.3) is 0 Å². The Morgan fingerprint density at radius 2 is 2.33 bits per heavy atom. The molecule has 0 amide bonds. The SMILES string of the molecule is Cc1nc(C(F)F)c[s+]1C(=O)Cl. The molecule has 1 aromatic heterocycles. The molecule has 1 aromatic rings. The number of nitrogens with zero attached hydrogens (tertiary/aromatic N) is 1. The Morgan fingerprint density at radius 1 is 1.75 bits per heavy atom. The molecule has 0 spiro atoms. The minimum absolute atomic E-state index is 0.352. The molecule has 1 unspecified atom stereocenters. The van der Waals surface area contributed by atoms with E-state index in [2.05, 4.69) is 4.98 Å². The number of carbonyl (C=O) groups is 1. The highest BCUT2D eigenvalue weighted by Gasteiger charge is 2.26. The van der Waals surface area contributed by atoms with Crippen molar-refractivity contribution in [3.8, 4) is 0 Å². The molecule has 0 aromatic carbocycles. The second-order valence-electron chi connectivity index (χ2n) is 2.05. The van der Waals surface area contributed by atoms with Gasteiger partial charge in [-0.15, -0.1) is 0 Å². The predicted octanol–water partition coefficient (Wildman–Crippen LogP) is 3.28. The number of carbonyl (C=O) groups excluding carboxylic acids is 1. The lowest BCUT2D eigenvalue weighted by atomic mass is 10.5. The molecule has 12 heavy (non-hydrogen) atoms. The second-order valence-corrected chi connectivity index (χ2v) is 4.49. The summed E-state index contributed by atoms with van der Waals surface area (Å²) in [5.74, 6) is 0. The zero-order valence-corrected chi connectivity index (χ0v) is 7.62. The molecule has 0 saturated heterocycles. The average Bonchev–Trinajstić information content (AvgIpc) is 2.30. The molecule has 0 saturated carbocycles. The van der Waals surface area contributed by atoms with Crippen LogP contribution in [-0.2, 0) is 0 Å². The summed E-state index contributed by atoms with van der Waals surface area (Å²) in [5, 5.41) is 1.47. The van der Waals surface area contributed by atoms with Crippen molar-refractivity contribution in [1.29, 1.82) is 0 Å². The van der Waals surface area contributed by atoms with Crippen molar-refractivity contribution < 1.29 is 13.6 Å². The highest BCUT2D eigenvalue weighted by atomic mass is 35.5. The fourth-order valence-corrected chi connectivity index (χ4v) is 2.29. The summed E-state index contributed by atoms with van der Waals surface area (Å²) >= 11 is 5.15. The first-order valence-corrected chi connectivity index (χ1v) is 4.66. The number of halogens is 3. The molecule has 0 N–H and O–H groups in total. The van der Waals surface area contributed by atoms with Gasteiger partial charge in [-0.2, -0.15) is 4.98 Å². The van der Waals surface area contributed by atoms with E-state index in [0.717, 1.165) is 5.38 Å². The number of aromatic nitrogens is 1. The Labute approximate surface area is 75.2 Å². The zero-order valence-electron chi connectivity index (χ0n) is 6.05. The van der Waals surface area contributed by atoms with Crippen LogP contribution in [0.15, 0.2) is 5.38 Å². The van der Waals surface area contributed by atoms with Crippen molar-refractivity contribution in [2.24, 2.45) is 0 Å². The quantitative estimate of drug-likeness (QED) is 0.556. The lowest BCUT2D eigenvalue weighted by Gasteiger charge is -1.84. The van der Waals surface area contributed by atoms with Crippen molar-refractivity contribution in [1.82, 2.24) is 4.98 Å². The third-order valence-electron chi connectivity index (χ3n) is 1.24. The molecule has 0 aliphatic rings. The van der Waals surface area contributed by atoms with E-state index in [1.54, 1.807) is 0 Å². The molecule has 6 heteroatoms. The largest absolute Gasteiger partial charge is 0.453 e. The van der Waals surface area contributed by atoms with Gasteiger partial charge in [0.25, 0.3) is 6.43 Å². The molecular formula is C6H5ClF2NOS+. The zero-order chi connectivity index (χ0) is 9.30. The minimum atomic E-state index is -2.63. The van der Waals surface area contributed by atoms with Gasteiger partial charge < -0.3 is 0 Å². The monoisotopic (exact) mass is 212 g/mol. The Morgan fingerprint density at radius 3 is 2.58 bits per heavy atom. The van der Waals surface area contributed by atoms with Gasteiger partial charge in [0, 0.05) is 18.5 Å². The fourth-order valence-electron chi connectivity index (χ4n) is 0.726. The van der Waals surface area contributed by atoms with Gasteiger partial charge in [-0.1, -0.05) is 0 Å². The highest BCUT2D eigenvalue weighted by Crippen LogP contribution is 2.31. The van der Waals surface area contributed by atoms with Crippen LogP contribution in [-0.4, -0.2) is 9.56 Å². The molecule has 0 aliphatic heterocycles. The van der Waals surface area contributed by atoms with Gasteiger partial charge in [-0.25, -0.2) is 13.6 Å². The topological polar surface area (TPSA) is 30.0 Å². The summed E-state index contributed by atoms with van der Waals surface area (Å²) in [4.78, 5) is 14.2. The number of aryl methyl sites for hydroxylation is 1. The van der Waals surface area contributed by atoms with Crippen molar-refractivity contribution in [3.63, 3.8) is 0 Å². The van der Waals surface area contributed by atoms with E-state index in [4.69, 9.17) is 11.6 Å². The van der Waals surface area contributed by atoms with Gasteiger partial charge >= 0.3 is 4.57 Å². The van der Waals surface area contributed by atoms with E-state index in [1.807, 2.05) is 0 Å². The average molecular weight is 213 g/mol. The van der Waals surface area contributed by atoms with Gasteiger partial charge in [-0.3, -0.25) is 0 Å². The summed E-state index contributed by atoms with van der Waals surface area (Å²) in [6.45, 7) is 1.51. The first-order valence-electron chi connectivity index (χ1n) is 3.00. The Balaban J connectivity index is 3.09. The maximum absolute atomic E-state index is 12.0. The third-order valence-corrected chi connectivity index (χ3v) is 3.29. The van der Waals surface area contributed by atoms with Crippen LogP contribution in [0.1, 0.15) is 17.1 Å². The van der Waals surface area contributed by atoms with Gasteiger partial charge in [-0.05, 0) is 0 Å². The molecule has 1 rings (SSSR count). The summed E-state index contributed by atoms with van der Waals surface area (Å²) in [6, 6.07) is 0. The third kappa shape index (κ3) is 1.78. The number of hydrogen-bond acceptors (Lipinski definition) is 2. The maximum atomic E-state index is 12.0. The van der Waals surface area contributed by atoms with E-state index < -0.39 is 21.5 Å². The smallest absolute Gasteiger partial charge is 0.213 e. The van der Waals surface area contributed by atoms with Crippen LogP contribution >= 0.6 is 22.1 Å². The van der Waals surface area contributed by atoms with Crippen molar-refractivity contribution in [2.75, 3.05) is 0 Å². The summed E-state index contributed by atoms with van der Waals surface area (Å²) < 4.78 is 23.4. The summed E-state index contributed by atoms with van der Waals surface area (Å²) in [5.41, 5.74) is -0.357. The first kappa shape index (κ1) is 9.54. The van der Waals surface area contributed by atoms with Crippen molar-refractivity contribution >= 4 is 26.6 Å². The van der Waals surface area contributed by atoms with Gasteiger partial charge in [0.1, 0.15) is 0 Å². The Bertz CT molecular complexity index is 312. The van der Waals surface area contributed by atoms with E-state index in [9.17, 15) is 13.6 Å². The van der Waals surface area contributed by atoms with Crippen LogP contribution in [0.2, 0.25) is 0 Å². The summed E-state index contributed by atoms with van der Waals surface area (Å²) in [7, 11) is -1.04. The molecule has 0 fully saturated rings. The van der Waals surface area contributed by atoms with E-state index >= 15 is 0 Å². The predicted molar refractivity (Wildman–Crippen MR) is 43.1 cm³/mol. The lowest BCUT2D eigenvalue weighted by molar-refractivity contribution is 0.146. The second kappa shape index (κ2) is 3.45. The van der Waals surface area contributed by atoms with Crippen molar-refractivity contribution in [3.05, 3.63) is 16.1 Å². The molecule has 0 bridgehead atoms. The van der Waals surface area contributed by atoms with Crippen LogP contribution in [0.3, 0.4) is 0 Å². The number of thiazole rings is 1. The molecule has 2 nitrogen and oxygen atoms in total. The maximum Gasteiger partial charge on any atom is 0.453 e. The Kier molecular flexibility index (Phi) is 2.74. The van der Waals surface area contributed by atoms with E-state index in [0.29, 0.717) is 5.01 Å². The molecule has 66 valence electrons. The van der Waals surface area contributed by atoms with Crippen LogP contribution in [0.4, 0.5) is 13.6 Å². The molecule has 0 aliphatic carbocycles. The molecule has 1 atom stereocenters. The lowest BCUT2D eigenvalue weighted by Crippen LogP contribution is -1.82. The highest BCUT2D eigenvalue weighted by molar-refractivity contribution is 7.56. The van der Waals surface area contributed by atoms with E-state index in [-0.39, 0.29) is 5.69 Å². The minimum Gasteiger partial charge on any atom is -0.213 e.